The Bertz CT molecular complexity index is 389. The number of halogens is 1. The quantitative estimate of drug-likeness (QED) is 0.178. The van der Waals surface area contributed by atoms with E-state index in [4.69, 9.17) is 9.47 Å². The van der Waals surface area contributed by atoms with Crippen LogP contribution in [0.5, 0.6) is 0 Å². The van der Waals surface area contributed by atoms with Crippen molar-refractivity contribution in [3.63, 3.8) is 0 Å². The van der Waals surface area contributed by atoms with E-state index in [1.807, 2.05) is 20.8 Å². The van der Waals surface area contributed by atoms with Gasteiger partial charge in [0.25, 0.3) is 0 Å². The highest BCUT2D eigenvalue weighted by Crippen LogP contribution is 2.06. The summed E-state index contributed by atoms with van der Waals surface area (Å²) in [7, 11) is 5.56. The van der Waals surface area contributed by atoms with Gasteiger partial charge in [-0.3, -0.25) is 4.99 Å². The van der Waals surface area contributed by atoms with E-state index in [2.05, 4.69) is 32.9 Å². The van der Waals surface area contributed by atoms with E-state index in [-0.39, 0.29) is 30.1 Å². The normalized spacial score (nSPS) is 11.7. The summed E-state index contributed by atoms with van der Waals surface area (Å²) in [5.41, 5.74) is -0.467. The first-order valence-corrected chi connectivity index (χ1v) is 8.87. The fourth-order valence-corrected chi connectivity index (χ4v) is 1.98. The second-order valence-corrected chi connectivity index (χ2v) is 6.86. The Hall–Kier alpha value is -0.810. The van der Waals surface area contributed by atoms with Crippen LogP contribution in [0.25, 0.3) is 0 Å². The molecule has 3 N–H and O–H groups in total. The minimum absolute atomic E-state index is 0. The number of alkyl carbamates (subject to hydrolysis) is 1. The van der Waals surface area contributed by atoms with Gasteiger partial charge in [0.1, 0.15) is 5.60 Å². The number of hydrogen-bond acceptors (Lipinski definition) is 5. The number of likely N-dealkylation sites (N-methyl/N-ethyl adjacent to an activating group) is 1. The summed E-state index contributed by atoms with van der Waals surface area (Å²) in [5.74, 6) is 0.766. The number of methoxy groups -OCH3 is 1. The number of aliphatic imine (C=N–C) groups is 1. The van der Waals surface area contributed by atoms with E-state index in [0.29, 0.717) is 6.54 Å². The number of guanidine groups is 1. The minimum atomic E-state index is -0.467. The topological polar surface area (TPSA) is 87.2 Å². The first-order chi connectivity index (χ1) is 11.8. The summed E-state index contributed by atoms with van der Waals surface area (Å²) in [4.78, 5) is 17.9. The number of hydrogen-bond donors (Lipinski definition) is 3. The van der Waals surface area contributed by atoms with Gasteiger partial charge in [-0.25, -0.2) is 4.79 Å². The van der Waals surface area contributed by atoms with Crippen molar-refractivity contribution in [2.45, 2.75) is 39.2 Å². The second-order valence-electron chi connectivity index (χ2n) is 6.86. The SMILES string of the molecule is CN=C(NCCCNC(=O)OC(C)(C)C)NCCN(C)CCCOC.I. The lowest BCUT2D eigenvalue weighted by atomic mass is 10.2. The summed E-state index contributed by atoms with van der Waals surface area (Å²) in [5, 5.41) is 9.24. The molecule has 0 aromatic heterocycles. The number of carbonyl (C=O) groups is 1. The Morgan fingerprint density at radius 3 is 2.23 bits per heavy atom. The van der Waals surface area contributed by atoms with E-state index in [1.54, 1.807) is 14.2 Å². The number of amides is 1. The third-order valence-electron chi connectivity index (χ3n) is 3.21. The Morgan fingerprint density at radius 1 is 1.04 bits per heavy atom. The second kappa shape index (κ2) is 16.4. The highest BCUT2D eigenvalue weighted by Gasteiger charge is 2.15. The molecule has 0 saturated carbocycles. The Labute approximate surface area is 175 Å². The fraction of sp³-hybridized carbons (Fsp3) is 0.882. The fourth-order valence-electron chi connectivity index (χ4n) is 1.98. The number of ether oxygens (including phenoxy) is 2. The summed E-state index contributed by atoms with van der Waals surface area (Å²) in [6, 6.07) is 0. The van der Waals surface area contributed by atoms with Crippen molar-refractivity contribution in [3.05, 3.63) is 0 Å². The Balaban J connectivity index is 0. The summed E-state index contributed by atoms with van der Waals surface area (Å²) >= 11 is 0. The number of rotatable bonds is 11. The van der Waals surface area contributed by atoms with Crippen molar-refractivity contribution in [2.24, 2.45) is 4.99 Å². The molecule has 0 radical (unpaired) electrons. The maximum atomic E-state index is 11.5. The molecule has 156 valence electrons. The smallest absolute Gasteiger partial charge is 0.407 e. The van der Waals surface area contributed by atoms with Crippen LogP contribution in [0, 0.1) is 0 Å². The molecule has 0 aliphatic heterocycles. The van der Waals surface area contributed by atoms with Crippen LogP contribution >= 0.6 is 24.0 Å². The van der Waals surface area contributed by atoms with Gasteiger partial charge in [-0.15, -0.1) is 24.0 Å². The Kier molecular flexibility index (Phi) is 17.3. The molecule has 0 fully saturated rings. The van der Waals surface area contributed by atoms with E-state index in [0.717, 1.165) is 51.6 Å². The summed E-state index contributed by atoms with van der Waals surface area (Å²) in [6.45, 7) is 10.4. The van der Waals surface area contributed by atoms with Crippen molar-refractivity contribution in [3.8, 4) is 0 Å². The molecule has 0 unspecified atom stereocenters. The van der Waals surface area contributed by atoms with Crippen molar-refractivity contribution in [2.75, 3.05) is 60.5 Å². The maximum Gasteiger partial charge on any atom is 0.407 e. The summed E-state index contributed by atoms with van der Waals surface area (Å²) in [6.07, 6.45) is 1.44. The van der Waals surface area contributed by atoms with E-state index in [1.165, 1.54) is 0 Å². The molecule has 0 spiro atoms. The van der Waals surface area contributed by atoms with Crippen molar-refractivity contribution >= 4 is 36.0 Å². The molecule has 0 bridgehead atoms. The van der Waals surface area contributed by atoms with Gasteiger partial charge in [-0.05, 0) is 40.7 Å². The van der Waals surface area contributed by atoms with Gasteiger partial charge in [-0.2, -0.15) is 0 Å². The average molecular weight is 487 g/mol. The van der Waals surface area contributed by atoms with Gasteiger partial charge in [0.05, 0.1) is 0 Å². The predicted molar refractivity (Wildman–Crippen MR) is 118 cm³/mol. The van der Waals surface area contributed by atoms with Crippen LogP contribution in [0.1, 0.15) is 33.6 Å². The van der Waals surface area contributed by atoms with Crippen LogP contribution < -0.4 is 16.0 Å². The molecule has 0 aromatic rings. The van der Waals surface area contributed by atoms with Crippen LogP contribution in [0.15, 0.2) is 4.99 Å². The lowest BCUT2D eigenvalue weighted by molar-refractivity contribution is 0.0527. The van der Waals surface area contributed by atoms with Crippen LogP contribution in [-0.4, -0.2) is 83.1 Å². The molecular formula is C17H38IN5O3. The minimum Gasteiger partial charge on any atom is -0.444 e. The van der Waals surface area contributed by atoms with E-state index >= 15 is 0 Å². The molecule has 9 heteroatoms. The van der Waals surface area contributed by atoms with Crippen molar-refractivity contribution in [1.82, 2.24) is 20.9 Å². The van der Waals surface area contributed by atoms with Gasteiger partial charge in [0.15, 0.2) is 5.96 Å². The molecule has 1 amide bonds. The largest absolute Gasteiger partial charge is 0.444 e. The molecular weight excluding hydrogens is 449 g/mol. The zero-order valence-electron chi connectivity index (χ0n) is 17.2. The number of nitrogens with one attached hydrogen (secondary N) is 3. The van der Waals surface area contributed by atoms with Crippen LogP contribution in [-0.2, 0) is 9.47 Å². The van der Waals surface area contributed by atoms with Gasteiger partial charge < -0.3 is 30.3 Å². The van der Waals surface area contributed by atoms with E-state index in [9.17, 15) is 4.79 Å². The zero-order valence-corrected chi connectivity index (χ0v) is 19.5. The molecule has 0 atom stereocenters. The lowest BCUT2D eigenvalue weighted by Gasteiger charge is -2.20. The van der Waals surface area contributed by atoms with Gasteiger partial charge >= 0.3 is 6.09 Å². The highest BCUT2D eigenvalue weighted by molar-refractivity contribution is 14.0. The maximum absolute atomic E-state index is 11.5. The third kappa shape index (κ3) is 18.0. The Morgan fingerprint density at radius 2 is 1.65 bits per heavy atom. The highest BCUT2D eigenvalue weighted by atomic mass is 127. The molecule has 0 aliphatic rings. The first-order valence-electron chi connectivity index (χ1n) is 8.87. The van der Waals surface area contributed by atoms with Crippen LogP contribution in [0.3, 0.4) is 0 Å². The van der Waals surface area contributed by atoms with Crippen LogP contribution in [0.2, 0.25) is 0 Å². The molecule has 26 heavy (non-hydrogen) atoms. The van der Waals surface area contributed by atoms with E-state index < -0.39 is 5.60 Å². The van der Waals surface area contributed by atoms with Gasteiger partial charge in [0, 0.05) is 53.5 Å². The molecule has 0 heterocycles. The zero-order chi connectivity index (χ0) is 19.1. The van der Waals surface area contributed by atoms with Gasteiger partial charge in [-0.1, -0.05) is 0 Å². The number of carbonyl (C=O) groups excluding carboxylic acids is 1. The standard InChI is InChI=1S/C17H37N5O3.HI/c1-17(2,3)25-16(23)21-10-7-9-19-15(18-4)20-11-13-22(5)12-8-14-24-6;/h7-14H2,1-6H3,(H,21,23)(H2,18,19,20);1H. The third-order valence-corrected chi connectivity index (χ3v) is 3.21. The summed E-state index contributed by atoms with van der Waals surface area (Å²) < 4.78 is 10.2. The molecule has 0 saturated heterocycles. The molecule has 0 aromatic carbocycles. The molecule has 0 aliphatic carbocycles. The number of nitrogens with zero attached hydrogens (tertiary/aromatic N) is 2. The van der Waals surface area contributed by atoms with Crippen molar-refractivity contribution in [1.29, 1.82) is 0 Å². The monoisotopic (exact) mass is 487 g/mol. The average Bonchev–Trinajstić information content (AvgIpc) is 2.51. The van der Waals surface area contributed by atoms with Crippen molar-refractivity contribution < 1.29 is 14.3 Å². The van der Waals surface area contributed by atoms with Crippen LogP contribution in [0.4, 0.5) is 4.79 Å². The predicted octanol–water partition coefficient (Wildman–Crippen LogP) is 1.65. The van der Waals surface area contributed by atoms with Gasteiger partial charge in [0.2, 0.25) is 0 Å². The molecule has 0 rings (SSSR count). The first kappa shape index (κ1) is 27.4. The molecule has 8 nitrogen and oxygen atoms in total. The lowest BCUT2D eigenvalue weighted by Crippen LogP contribution is -2.42.